The van der Waals surface area contributed by atoms with Crippen molar-refractivity contribution in [2.24, 2.45) is 5.92 Å². The van der Waals surface area contributed by atoms with Gasteiger partial charge in [-0.25, -0.2) is 17.9 Å². The van der Waals surface area contributed by atoms with Crippen LogP contribution in [0.1, 0.15) is 27.2 Å². The van der Waals surface area contributed by atoms with E-state index < -0.39 is 27.0 Å². The minimum absolute atomic E-state index is 0.0313. The number of hydrogen-bond donors (Lipinski definition) is 1. The van der Waals surface area contributed by atoms with Crippen LogP contribution >= 0.6 is 0 Å². The van der Waals surface area contributed by atoms with Crippen LogP contribution in [0.5, 0.6) is 0 Å². The number of nitrogens with zero attached hydrogens (tertiary/aromatic N) is 1. The Hall–Kier alpha value is -0.820. The van der Waals surface area contributed by atoms with Gasteiger partial charge in [-0.3, -0.25) is 0 Å². The number of ether oxygens (including phenoxy) is 1. The van der Waals surface area contributed by atoms with Crippen molar-refractivity contribution >= 4 is 16.1 Å². The van der Waals surface area contributed by atoms with E-state index in [0.29, 0.717) is 13.1 Å². The van der Waals surface area contributed by atoms with Crippen molar-refractivity contribution in [3.05, 3.63) is 0 Å². The van der Waals surface area contributed by atoms with Crippen LogP contribution in [0.3, 0.4) is 0 Å². The van der Waals surface area contributed by atoms with Crippen LogP contribution in [-0.2, 0) is 14.8 Å². The second-order valence-corrected chi connectivity index (χ2v) is 7.90. The maximum atomic E-state index is 11.9. The van der Waals surface area contributed by atoms with Crippen LogP contribution in [-0.4, -0.2) is 49.9 Å². The average molecular weight is 276 g/mol. The zero-order chi connectivity index (χ0) is 13.6. The maximum Gasteiger partial charge on any atom is 0.410 e. The number of likely N-dealkylation sites (tertiary alicyclic amines) is 1. The lowest BCUT2D eigenvalue weighted by Gasteiger charge is -2.24. The molecule has 2 atom stereocenters. The van der Waals surface area contributed by atoms with E-state index in [2.05, 4.69) is 4.72 Å². The molecular formula is C11H20N2O4S. The van der Waals surface area contributed by atoms with Crippen LogP contribution in [0.2, 0.25) is 0 Å². The fourth-order valence-corrected chi connectivity index (χ4v) is 4.16. The van der Waals surface area contributed by atoms with E-state index in [1.54, 1.807) is 20.8 Å². The predicted octanol–water partition coefficient (Wildman–Crippen LogP) is 0.545. The zero-order valence-electron chi connectivity index (χ0n) is 11.0. The molecular weight excluding hydrogens is 256 g/mol. The van der Waals surface area contributed by atoms with E-state index in [0.717, 1.165) is 6.42 Å². The Kier molecular flexibility index (Phi) is 3.31. The molecule has 2 saturated heterocycles. The molecule has 0 bridgehead atoms. The van der Waals surface area contributed by atoms with Gasteiger partial charge < -0.3 is 9.64 Å². The third kappa shape index (κ3) is 2.77. The molecule has 6 nitrogen and oxygen atoms in total. The van der Waals surface area contributed by atoms with Crippen LogP contribution in [0.4, 0.5) is 4.79 Å². The SMILES string of the molecule is CC(C)(C)OC(=O)N1CC2CCNS(=O)(=O)C2C1. The molecule has 1 amide bonds. The summed E-state index contributed by atoms with van der Waals surface area (Å²) in [7, 11) is -3.27. The van der Waals surface area contributed by atoms with Crippen molar-refractivity contribution in [2.45, 2.75) is 38.0 Å². The summed E-state index contributed by atoms with van der Waals surface area (Å²) in [6, 6.07) is 0. The molecule has 2 aliphatic heterocycles. The Balaban J connectivity index is 2.05. The summed E-state index contributed by atoms with van der Waals surface area (Å²) in [4.78, 5) is 13.4. The summed E-state index contributed by atoms with van der Waals surface area (Å²) in [5.74, 6) is 0.0313. The third-order valence-corrected chi connectivity index (χ3v) is 5.19. The van der Waals surface area contributed by atoms with Gasteiger partial charge in [0.15, 0.2) is 0 Å². The van der Waals surface area contributed by atoms with E-state index >= 15 is 0 Å². The third-order valence-electron chi connectivity index (χ3n) is 3.25. The lowest BCUT2D eigenvalue weighted by Crippen LogP contribution is -2.45. The molecule has 2 unspecified atom stereocenters. The number of carbonyl (C=O) groups is 1. The van der Waals surface area contributed by atoms with E-state index in [1.807, 2.05) is 0 Å². The first-order valence-electron chi connectivity index (χ1n) is 6.15. The van der Waals surface area contributed by atoms with Crippen LogP contribution in [0, 0.1) is 5.92 Å². The standard InChI is InChI=1S/C11H20N2O4S/c1-11(2,3)17-10(14)13-6-8-4-5-12-18(15,16)9(8)7-13/h8-9,12H,4-7H2,1-3H3. The summed E-state index contributed by atoms with van der Waals surface area (Å²) < 4.78 is 31.5. The van der Waals surface area contributed by atoms with Crippen molar-refractivity contribution in [3.63, 3.8) is 0 Å². The van der Waals surface area contributed by atoms with Gasteiger partial charge in [0.1, 0.15) is 5.60 Å². The van der Waals surface area contributed by atoms with Crippen LogP contribution in [0.25, 0.3) is 0 Å². The normalized spacial score (nSPS) is 30.9. The molecule has 0 aliphatic carbocycles. The Morgan fingerprint density at radius 1 is 1.33 bits per heavy atom. The zero-order valence-corrected chi connectivity index (χ0v) is 11.8. The number of amides is 1. The smallest absolute Gasteiger partial charge is 0.410 e. The van der Waals surface area contributed by atoms with E-state index in [-0.39, 0.29) is 12.5 Å². The largest absolute Gasteiger partial charge is 0.444 e. The van der Waals surface area contributed by atoms with Crippen molar-refractivity contribution < 1.29 is 17.9 Å². The molecule has 2 fully saturated rings. The van der Waals surface area contributed by atoms with Gasteiger partial charge in [-0.05, 0) is 33.1 Å². The molecule has 7 heteroatoms. The number of carbonyl (C=O) groups excluding carboxylic acids is 1. The van der Waals surface area contributed by atoms with Crippen molar-refractivity contribution in [1.82, 2.24) is 9.62 Å². The lowest BCUT2D eigenvalue weighted by atomic mass is 10.0. The van der Waals surface area contributed by atoms with Gasteiger partial charge in [0.25, 0.3) is 0 Å². The molecule has 0 aromatic carbocycles. The first kappa shape index (κ1) is 13.6. The van der Waals surface area contributed by atoms with Gasteiger partial charge in [-0.2, -0.15) is 0 Å². The first-order valence-corrected chi connectivity index (χ1v) is 7.70. The van der Waals surface area contributed by atoms with Crippen LogP contribution < -0.4 is 4.72 Å². The highest BCUT2D eigenvalue weighted by atomic mass is 32.2. The summed E-state index contributed by atoms with van der Waals surface area (Å²) in [5.41, 5.74) is -0.554. The molecule has 0 aromatic heterocycles. The number of sulfonamides is 1. The molecule has 0 radical (unpaired) electrons. The molecule has 2 aliphatic rings. The monoisotopic (exact) mass is 276 g/mol. The maximum absolute atomic E-state index is 11.9. The van der Waals surface area contributed by atoms with Gasteiger partial charge in [0, 0.05) is 19.6 Å². The summed E-state index contributed by atoms with van der Waals surface area (Å²) in [6.45, 7) is 6.56. The molecule has 2 rings (SSSR count). The quantitative estimate of drug-likeness (QED) is 0.701. The molecule has 1 N–H and O–H groups in total. The fourth-order valence-electron chi connectivity index (χ4n) is 2.44. The van der Waals surface area contributed by atoms with E-state index in [4.69, 9.17) is 4.74 Å². The summed E-state index contributed by atoms with van der Waals surface area (Å²) in [6.07, 6.45) is 0.357. The summed E-state index contributed by atoms with van der Waals surface area (Å²) >= 11 is 0. The highest BCUT2D eigenvalue weighted by Crippen LogP contribution is 2.29. The number of hydrogen-bond acceptors (Lipinski definition) is 4. The average Bonchev–Trinajstić information content (AvgIpc) is 2.59. The van der Waals surface area contributed by atoms with Gasteiger partial charge in [-0.1, -0.05) is 0 Å². The molecule has 0 aromatic rings. The molecule has 2 heterocycles. The second kappa shape index (κ2) is 4.38. The number of rotatable bonds is 0. The van der Waals surface area contributed by atoms with Crippen molar-refractivity contribution in [1.29, 1.82) is 0 Å². The number of nitrogens with one attached hydrogen (secondary N) is 1. The van der Waals surface area contributed by atoms with Crippen molar-refractivity contribution in [2.75, 3.05) is 19.6 Å². The van der Waals surface area contributed by atoms with Gasteiger partial charge in [0.05, 0.1) is 5.25 Å². The molecule has 18 heavy (non-hydrogen) atoms. The minimum Gasteiger partial charge on any atom is -0.444 e. The summed E-state index contributed by atoms with van der Waals surface area (Å²) in [5, 5.41) is -0.487. The second-order valence-electron chi connectivity index (χ2n) is 5.91. The van der Waals surface area contributed by atoms with Gasteiger partial charge in [-0.15, -0.1) is 0 Å². The molecule has 0 saturated carbocycles. The van der Waals surface area contributed by atoms with Gasteiger partial charge in [0.2, 0.25) is 10.0 Å². The molecule has 0 spiro atoms. The Bertz CT molecular complexity index is 440. The highest BCUT2D eigenvalue weighted by Gasteiger charge is 2.45. The van der Waals surface area contributed by atoms with Gasteiger partial charge >= 0.3 is 6.09 Å². The predicted molar refractivity (Wildman–Crippen MR) is 66.6 cm³/mol. The number of fused-ring (bicyclic) bond motifs is 1. The van der Waals surface area contributed by atoms with E-state index in [1.165, 1.54) is 4.90 Å². The molecule has 104 valence electrons. The topological polar surface area (TPSA) is 75.7 Å². The van der Waals surface area contributed by atoms with E-state index in [9.17, 15) is 13.2 Å². The van der Waals surface area contributed by atoms with Crippen molar-refractivity contribution in [3.8, 4) is 0 Å². The first-order chi connectivity index (χ1) is 8.19. The lowest BCUT2D eigenvalue weighted by molar-refractivity contribution is 0.0288. The van der Waals surface area contributed by atoms with Crippen LogP contribution in [0.15, 0.2) is 0 Å². The fraction of sp³-hybridized carbons (Fsp3) is 0.909. The minimum atomic E-state index is -3.27. The Morgan fingerprint density at radius 2 is 2.00 bits per heavy atom. The highest BCUT2D eigenvalue weighted by molar-refractivity contribution is 7.90. The Morgan fingerprint density at radius 3 is 2.56 bits per heavy atom. The Labute approximate surface area is 108 Å².